The molecule has 3 aromatic rings. The van der Waals surface area contributed by atoms with Gasteiger partial charge in [0.25, 0.3) is 5.56 Å². The summed E-state index contributed by atoms with van der Waals surface area (Å²) in [6.45, 7) is 4.03. The average molecular weight is 314 g/mol. The van der Waals surface area contributed by atoms with Gasteiger partial charge in [0.15, 0.2) is 5.65 Å². The molecule has 5 heteroatoms. The van der Waals surface area contributed by atoms with Gasteiger partial charge in [-0.05, 0) is 30.9 Å². The molecule has 1 aromatic carbocycles. The van der Waals surface area contributed by atoms with Gasteiger partial charge < -0.3 is 5.11 Å². The number of aromatic nitrogens is 2. The van der Waals surface area contributed by atoms with Crippen molar-refractivity contribution in [3.05, 3.63) is 45.2 Å². The van der Waals surface area contributed by atoms with E-state index >= 15 is 0 Å². The second-order valence-electron chi connectivity index (χ2n) is 5.41. The van der Waals surface area contributed by atoms with E-state index in [-0.39, 0.29) is 11.3 Å². The Balaban J connectivity index is 2.37. The van der Waals surface area contributed by atoms with E-state index in [9.17, 15) is 9.90 Å². The number of pyridine rings is 1. The Kier molecular flexibility index (Phi) is 3.74. The zero-order chi connectivity index (χ0) is 15.9. The Hall–Kier alpha value is -2.14. The molecule has 0 amide bonds. The molecule has 0 saturated carbocycles. The van der Waals surface area contributed by atoms with Crippen LogP contribution in [0.3, 0.4) is 0 Å². The van der Waals surface area contributed by atoms with Gasteiger partial charge in [0.1, 0.15) is 10.4 Å². The smallest absolute Gasteiger partial charge is 0.263 e. The predicted molar refractivity (Wildman–Crippen MR) is 90.7 cm³/mol. The number of hydrogen-bond donors (Lipinski definition) is 1. The number of hydrogen-bond acceptors (Lipinski definition) is 4. The Bertz CT molecular complexity index is 909. The van der Waals surface area contributed by atoms with Gasteiger partial charge >= 0.3 is 0 Å². The highest BCUT2D eigenvalue weighted by Gasteiger charge is 2.20. The molecule has 114 valence electrons. The minimum atomic E-state index is -0.215. The van der Waals surface area contributed by atoms with Crippen LogP contribution in [0.2, 0.25) is 0 Å². The van der Waals surface area contributed by atoms with Gasteiger partial charge in [-0.25, -0.2) is 4.98 Å². The zero-order valence-corrected chi connectivity index (χ0v) is 13.7. The predicted octanol–water partition coefficient (Wildman–Crippen LogP) is 3.63. The third-order valence-electron chi connectivity index (χ3n) is 3.82. The molecule has 1 N–H and O–H groups in total. The molecule has 22 heavy (non-hydrogen) atoms. The van der Waals surface area contributed by atoms with Crippen LogP contribution in [-0.4, -0.2) is 14.7 Å². The summed E-state index contributed by atoms with van der Waals surface area (Å²) in [5.41, 5.74) is 2.45. The fourth-order valence-electron chi connectivity index (χ4n) is 2.63. The monoisotopic (exact) mass is 314 g/mol. The molecule has 3 rings (SSSR count). The van der Waals surface area contributed by atoms with E-state index in [0.29, 0.717) is 15.9 Å². The van der Waals surface area contributed by atoms with Crippen molar-refractivity contribution in [2.24, 2.45) is 7.05 Å². The van der Waals surface area contributed by atoms with Crippen LogP contribution in [0.1, 0.15) is 23.9 Å². The molecular weight excluding hydrogens is 296 g/mol. The summed E-state index contributed by atoms with van der Waals surface area (Å²) in [7, 11) is 1.71. The minimum Gasteiger partial charge on any atom is -0.505 e. The van der Waals surface area contributed by atoms with Gasteiger partial charge in [0, 0.05) is 7.05 Å². The second-order valence-corrected chi connectivity index (χ2v) is 6.50. The first-order chi connectivity index (χ1) is 10.5. The topological polar surface area (TPSA) is 55.1 Å². The normalized spacial score (nSPS) is 11.2. The number of fused-ring (bicyclic) bond motifs is 1. The Morgan fingerprint density at radius 1 is 1.32 bits per heavy atom. The van der Waals surface area contributed by atoms with Gasteiger partial charge in [-0.1, -0.05) is 31.2 Å². The summed E-state index contributed by atoms with van der Waals surface area (Å²) in [4.78, 5) is 17.2. The molecule has 2 aromatic heterocycles. The molecule has 4 nitrogen and oxygen atoms in total. The molecule has 0 atom stereocenters. The first kappa shape index (κ1) is 14.8. The fraction of sp³-hybridized carbons (Fsp3) is 0.294. The number of nitrogens with zero attached hydrogens (tertiary/aromatic N) is 2. The first-order valence-corrected chi connectivity index (χ1v) is 8.13. The Morgan fingerprint density at radius 3 is 2.73 bits per heavy atom. The number of thiazole rings is 1. The maximum absolute atomic E-state index is 12.7. The van der Waals surface area contributed by atoms with Crippen molar-refractivity contribution in [1.29, 1.82) is 0 Å². The lowest BCUT2D eigenvalue weighted by atomic mass is 10.0. The maximum atomic E-state index is 12.7. The molecule has 0 saturated heterocycles. The van der Waals surface area contributed by atoms with Crippen LogP contribution in [0.25, 0.3) is 21.5 Å². The van der Waals surface area contributed by atoms with Crippen molar-refractivity contribution < 1.29 is 5.11 Å². The molecule has 0 radical (unpaired) electrons. The van der Waals surface area contributed by atoms with Crippen LogP contribution in [0.15, 0.2) is 29.1 Å². The molecule has 0 fully saturated rings. The highest BCUT2D eigenvalue weighted by atomic mass is 32.1. The van der Waals surface area contributed by atoms with Crippen molar-refractivity contribution in [1.82, 2.24) is 9.55 Å². The summed E-state index contributed by atoms with van der Waals surface area (Å²) < 4.78 is 2.22. The summed E-state index contributed by atoms with van der Waals surface area (Å²) in [5.74, 6) is 0.0484. The Labute approximate surface area is 132 Å². The van der Waals surface area contributed by atoms with Gasteiger partial charge in [0.2, 0.25) is 0 Å². The standard InChI is InChI=1S/C17H18N2O2S/c1-4-7-12-18-16-15(22-12)14(20)13(17(21)19(16)3)11-9-6-5-8-10(11)2/h5-6,8-9,20H,4,7H2,1-3H3. The molecule has 0 aliphatic rings. The van der Waals surface area contributed by atoms with Crippen molar-refractivity contribution in [2.45, 2.75) is 26.7 Å². The fourth-order valence-corrected chi connectivity index (χ4v) is 3.78. The van der Waals surface area contributed by atoms with Gasteiger partial charge in [-0.15, -0.1) is 11.3 Å². The van der Waals surface area contributed by atoms with Crippen LogP contribution in [0, 0.1) is 6.92 Å². The molecule has 0 spiro atoms. The molecule has 0 unspecified atom stereocenters. The van der Waals surface area contributed by atoms with Gasteiger partial charge in [-0.3, -0.25) is 9.36 Å². The molecule has 0 aliphatic carbocycles. The van der Waals surface area contributed by atoms with Crippen LogP contribution in [0.4, 0.5) is 0 Å². The Morgan fingerprint density at radius 2 is 2.05 bits per heavy atom. The van der Waals surface area contributed by atoms with Crippen molar-refractivity contribution in [3.8, 4) is 16.9 Å². The third-order valence-corrected chi connectivity index (χ3v) is 4.93. The molecular formula is C17H18N2O2S. The van der Waals surface area contributed by atoms with Crippen molar-refractivity contribution in [3.63, 3.8) is 0 Å². The maximum Gasteiger partial charge on any atom is 0.263 e. The number of aryl methyl sites for hydroxylation is 3. The summed E-state index contributed by atoms with van der Waals surface area (Å²) in [5, 5.41) is 11.6. The summed E-state index contributed by atoms with van der Waals surface area (Å²) >= 11 is 1.47. The highest BCUT2D eigenvalue weighted by molar-refractivity contribution is 7.19. The zero-order valence-electron chi connectivity index (χ0n) is 12.9. The van der Waals surface area contributed by atoms with E-state index in [1.807, 2.05) is 31.2 Å². The van der Waals surface area contributed by atoms with Crippen LogP contribution in [-0.2, 0) is 13.5 Å². The van der Waals surface area contributed by atoms with Crippen molar-refractivity contribution in [2.75, 3.05) is 0 Å². The van der Waals surface area contributed by atoms with Crippen LogP contribution >= 0.6 is 11.3 Å². The lowest BCUT2D eigenvalue weighted by Crippen LogP contribution is -2.19. The van der Waals surface area contributed by atoms with Gasteiger partial charge in [-0.2, -0.15) is 0 Å². The average Bonchev–Trinajstić information content (AvgIpc) is 2.92. The third kappa shape index (κ3) is 2.22. The van der Waals surface area contributed by atoms with Crippen LogP contribution < -0.4 is 5.56 Å². The molecule has 2 heterocycles. The molecule has 0 bridgehead atoms. The van der Waals surface area contributed by atoms with E-state index in [1.54, 1.807) is 7.05 Å². The second kappa shape index (κ2) is 5.57. The van der Waals surface area contributed by atoms with E-state index < -0.39 is 0 Å². The highest BCUT2D eigenvalue weighted by Crippen LogP contribution is 2.37. The first-order valence-electron chi connectivity index (χ1n) is 7.32. The largest absolute Gasteiger partial charge is 0.505 e. The molecule has 0 aliphatic heterocycles. The van der Waals surface area contributed by atoms with E-state index in [2.05, 4.69) is 11.9 Å². The summed E-state index contributed by atoms with van der Waals surface area (Å²) in [6, 6.07) is 7.60. The number of aromatic hydroxyl groups is 1. The van der Waals surface area contributed by atoms with Crippen LogP contribution in [0.5, 0.6) is 5.75 Å². The van der Waals surface area contributed by atoms with Gasteiger partial charge in [0.05, 0.1) is 10.6 Å². The lowest BCUT2D eigenvalue weighted by molar-refractivity contribution is 0.482. The van der Waals surface area contributed by atoms with E-state index in [1.165, 1.54) is 15.9 Å². The summed E-state index contributed by atoms with van der Waals surface area (Å²) in [6.07, 6.45) is 1.84. The SMILES string of the molecule is CCCc1nc2c(s1)c(O)c(-c1ccccc1C)c(=O)n2C. The number of benzene rings is 1. The van der Waals surface area contributed by atoms with E-state index in [4.69, 9.17) is 0 Å². The van der Waals surface area contributed by atoms with Crippen molar-refractivity contribution >= 4 is 21.7 Å². The lowest BCUT2D eigenvalue weighted by Gasteiger charge is -2.10. The van der Waals surface area contributed by atoms with E-state index in [0.717, 1.165) is 29.0 Å². The quantitative estimate of drug-likeness (QED) is 0.803. The minimum absolute atomic E-state index is 0.0484. The number of rotatable bonds is 3.